The van der Waals surface area contributed by atoms with Gasteiger partial charge in [-0.1, -0.05) is 31.0 Å². The molecule has 0 aliphatic carbocycles. The molecule has 0 bridgehead atoms. The largest absolute Gasteiger partial charge is 0.383 e. The van der Waals surface area contributed by atoms with Crippen LogP contribution in [-0.2, 0) is 11.3 Å². The van der Waals surface area contributed by atoms with Crippen molar-refractivity contribution in [2.45, 2.75) is 26.3 Å². The Hall–Kier alpha value is -2.74. The fraction of sp³-hybridized carbons (Fsp3) is 0.353. The van der Waals surface area contributed by atoms with E-state index in [0.29, 0.717) is 17.3 Å². The minimum absolute atomic E-state index is 0.0465. The van der Waals surface area contributed by atoms with Crippen molar-refractivity contribution in [3.8, 4) is 0 Å². The molecule has 0 aliphatic heterocycles. The first-order valence-corrected chi connectivity index (χ1v) is 8.60. The molecule has 26 heavy (non-hydrogen) atoms. The Labute approximate surface area is 155 Å². The number of nitrogens with zero attached hydrogens (tertiary/aromatic N) is 2. The van der Waals surface area contributed by atoms with Crippen LogP contribution in [0.1, 0.15) is 19.8 Å². The molecule has 0 radical (unpaired) electrons. The minimum Gasteiger partial charge on any atom is -0.383 e. The second-order valence-electron chi connectivity index (χ2n) is 5.91. The molecule has 0 aliphatic rings. The van der Waals surface area contributed by atoms with Gasteiger partial charge in [-0.05, 0) is 24.6 Å². The van der Waals surface area contributed by atoms with E-state index in [-0.39, 0.29) is 24.0 Å². The number of aromatic nitrogens is 2. The van der Waals surface area contributed by atoms with E-state index in [1.54, 1.807) is 31.3 Å². The van der Waals surface area contributed by atoms with E-state index in [9.17, 15) is 14.4 Å². The highest BCUT2D eigenvalue weighted by Crippen LogP contribution is 2.17. The number of H-pyrrole nitrogens is 1. The van der Waals surface area contributed by atoms with E-state index in [1.807, 2.05) is 6.92 Å². The van der Waals surface area contributed by atoms with Gasteiger partial charge in [0.05, 0.1) is 6.54 Å². The van der Waals surface area contributed by atoms with Crippen LogP contribution in [-0.4, -0.2) is 29.1 Å². The Morgan fingerprint density at radius 3 is 2.77 bits per heavy atom. The van der Waals surface area contributed by atoms with Crippen LogP contribution in [0.5, 0.6) is 0 Å². The van der Waals surface area contributed by atoms with Gasteiger partial charge in [-0.25, -0.2) is 4.79 Å². The third-order valence-corrected chi connectivity index (χ3v) is 4.06. The fourth-order valence-corrected chi connectivity index (χ4v) is 2.74. The molecular formula is C17H22ClN5O3. The Morgan fingerprint density at radius 1 is 1.38 bits per heavy atom. The molecular weight excluding hydrogens is 358 g/mol. The molecule has 0 saturated carbocycles. The lowest BCUT2D eigenvalue weighted by atomic mass is 10.3. The van der Waals surface area contributed by atoms with Crippen molar-refractivity contribution < 1.29 is 4.79 Å². The lowest BCUT2D eigenvalue weighted by molar-refractivity contribution is -0.114. The number of unbranched alkanes of at least 4 members (excludes halogenated alkanes) is 1. The molecule has 2 aromatic rings. The topological polar surface area (TPSA) is 113 Å². The van der Waals surface area contributed by atoms with E-state index in [1.165, 1.54) is 9.47 Å². The van der Waals surface area contributed by atoms with Crippen LogP contribution in [0, 0.1) is 0 Å². The van der Waals surface area contributed by atoms with E-state index >= 15 is 0 Å². The lowest BCUT2D eigenvalue weighted by Gasteiger charge is -2.21. The third kappa shape index (κ3) is 4.66. The molecule has 0 spiro atoms. The van der Waals surface area contributed by atoms with Gasteiger partial charge < -0.3 is 16.0 Å². The van der Waals surface area contributed by atoms with Crippen LogP contribution in [0.3, 0.4) is 0 Å². The van der Waals surface area contributed by atoms with Crippen LogP contribution in [0.4, 0.5) is 17.2 Å². The number of aromatic amines is 1. The van der Waals surface area contributed by atoms with Gasteiger partial charge in [-0.2, -0.15) is 0 Å². The number of benzene rings is 1. The highest BCUT2D eigenvalue weighted by atomic mass is 35.5. The SMILES string of the molecule is CCCCn1c(N)c(N(C)CC(=O)Nc2cccc(Cl)c2)c(=O)[nH]c1=O. The summed E-state index contributed by atoms with van der Waals surface area (Å²) >= 11 is 5.89. The highest BCUT2D eigenvalue weighted by molar-refractivity contribution is 6.30. The van der Waals surface area contributed by atoms with Gasteiger partial charge >= 0.3 is 5.69 Å². The second kappa shape index (κ2) is 8.57. The first kappa shape index (κ1) is 19.6. The smallest absolute Gasteiger partial charge is 0.330 e. The maximum Gasteiger partial charge on any atom is 0.330 e. The molecule has 0 saturated heterocycles. The summed E-state index contributed by atoms with van der Waals surface area (Å²) < 4.78 is 1.31. The summed E-state index contributed by atoms with van der Waals surface area (Å²) in [5.41, 5.74) is 5.48. The van der Waals surface area contributed by atoms with Gasteiger partial charge in [0, 0.05) is 24.3 Å². The average Bonchev–Trinajstić information content (AvgIpc) is 2.54. The van der Waals surface area contributed by atoms with E-state index < -0.39 is 11.2 Å². The number of anilines is 3. The second-order valence-corrected chi connectivity index (χ2v) is 6.35. The molecule has 0 fully saturated rings. The van der Waals surface area contributed by atoms with Crippen LogP contribution in [0.15, 0.2) is 33.9 Å². The van der Waals surface area contributed by atoms with Gasteiger partial charge in [0.2, 0.25) is 5.91 Å². The van der Waals surface area contributed by atoms with Gasteiger partial charge in [0.15, 0.2) is 0 Å². The Morgan fingerprint density at radius 2 is 2.12 bits per heavy atom. The number of hydrogen-bond acceptors (Lipinski definition) is 5. The summed E-state index contributed by atoms with van der Waals surface area (Å²) in [7, 11) is 1.56. The summed E-state index contributed by atoms with van der Waals surface area (Å²) in [5.74, 6) is -0.301. The maximum atomic E-state index is 12.2. The van der Waals surface area contributed by atoms with Crippen molar-refractivity contribution in [3.63, 3.8) is 0 Å². The zero-order valence-electron chi connectivity index (χ0n) is 14.7. The molecule has 140 valence electrons. The number of likely N-dealkylation sites (N-methyl/N-ethyl adjacent to an activating group) is 1. The van der Waals surface area contributed by atoms with Crippen molar-refractivity contribution in [1.29, 1.82) is 0 Å². The van der Waals surface area contributed by atoms with Gasteiger partial charge in [-0.15, -0.1) is 0 Å². The standard InChI is InChI=1S/C17H22ClN5O3/c1-3-4-8-23-15(19)14(16(25)21-17(23)26)22(2)10-13(24)20-12-7-5-6-11(18)9-12/h5-7,9H,3-4,8,10,19H2,1-2H3,(H,20,24)(H,21,25,26). The molecule has 2 rings (SSSR count). The molecule has 9 heteroatoms. The molecule has 8 nitrogen and oxygen atoms in total. The van der Waals surface area contributed by atoms with Gasteiger partial charge in [0.25, 0.3) is 5.56 Å². The summed E-state index contributed by atoms with van der Waals surface area (Å²) in [5, 5.41) is 3.20. The fourth-order valence-electron chi connectivity index (χ4n) is 2.55. The molecule has 1 aromatic heterocycles. The van der Waals surface area contributed by atoms with E-state index in [0.717, 1.165) is 12.8 Å². The first-order chi connectivity index (χ1) is 12.3. The van der Waals surface area contributed by atoms with Gasteiger partial charge in [0.1, 0.15) is 11.5 Å². The average molecular weight is 380 g/mol. The van der Waals surface area contributed by atoms with E-state index in [2.05, 4.69) is 10.3 Å². The number of nitrogen functional groups attached to an aromatic ring is 1. The molecule has 0 atom stereocenters. The summed E-state index contributed by atoms with van der Waals surface area (Å²) in [6, 6.07) is 6.73. The predicted octanol–water partition coefficient (Wildman–Crippen LogP) is 1.65. The molecule has 1 aromatic carbocycles. The first-order valence-electron chi connectivity index (χ1n) is 8.22. The number of nitrogens with one attached hydrogen (secondary N) is 2. The number of halogens is 1. The number of carbonyl (C=O) groups excluding carboxylic acids is 1. The van der Waals surface area contributed by atoms with E-state index in [4.69, 9.17) is 17.3 Å². The van der Waals surface area contributed by atoms with Crippen LogP contribution in [0.25, 0.3) is 0 Å². The zero-order chi connectivity index (χ0) is 19.3. The van der Waals surface area contributed by atoms with Crippen LogP contribution in [0.2, 0.25) is 5.02 Å². The normalized spacial score (nSPS) is 10.6. The number of nitrogens with two attached hydrogens (primary N) is 1. The van der Waals surface area contributed by atoms with Crippen molar-refractivity contribution in [2.75, 3.05) is 29.5 Å². The van der Waals surface area contributed by atoms with Crippen molar-refractivity contribution in [1.82, 2.24) is 9.55 Å². The minimum atomic E-state index is -0.627. The van der Waals surface area contributed by atoms with Crippen molar-refractivity contribution in [3.05, 3.63) is 50.1 Å². The summed E-state index contributed by atoms with van der Waals surface area (Å²) in [4.78, 5) is 40.0. The Bertz CT molecular complexity index is 906. The number of amides is 1. The summed E-state index contributed by atoms with van der Waals surface area (Å²) in [6.45, 7) is 2.26. The highest BCUT2D eigenvalue weighted by Gasteiger charge is 2.18. The Balaban J connectivity index is 2.20. The number of hydrogen-bond donors (Lipinski definition) is 3. The molecule has 0 unspecified atom stereocenters. The number of carbonyl (C=O) groups is 1. The van der Waals surface area contributed by atoms with Crippen LogP contribution < -0.4 is 27.2 Å². The van der Waals surface area contributed by atoms with Crippen molar-refractivity contribution >= 4 is 34.7 Å². The molecule has 1 amide bonds. The van der Waals surface area contributed by atoms with Gasteiger partial charge in [-0.3, -0.25) is 19.1 Å². The summed E-state index contributed by atoms with van der Waals surface area (Å²) in [6.07, 6.45) is 1.62. The third-order valence-electron chi connectivity index (χ3n) is 3.82. The zero-order valence-corrected chi connectivity index (χ0v) is 15.5. The van der Waals surface area contributed by atoms with Crippen LogP contribution >= 0.6 is 11.6 Å². The number of rotatable bonds is 7. The lowest BCUT2D eigenvalue weighted by Crippen LogP contribution is -2.39. The quantitative estimate of drug-likeness (QED) is 0.676. The molecule has 4 N–H and O–H groups in total. The Kier molecular flexibility index (Phi) is 6.46. The maximum absolute atomic E-state index is 12.2. The predicted molar refractivity (Wildman–Crippen MR) is 104 cm³/mol. The van der Waals surface area contributed by atoms with Crippen molar-refractivity contribution in [2.24, 2.45) is 0 Å². The molecule has 1 heterocycles. The monoisotopic (exact) mass is 379 g/mol.